The van der Waals surface area contributed by atoms with Crippen molar-refractivity contribution < 1.29 is 14.9 Å². The van der Waals surface area contributed by atoms with Gasteiger partial charge in [-0.3, -0.25) is 10.2 Å². The number of thioether (sulfide) groups is 1. The van der Waals surface area contributed by atoms with Crippen molar-refractivity contribution in [3.8, 4) is 0 Å². The van der Waals surface area contributed by atoms with Gasteiger partial charge in [0.25, 0.3) is 0 Å². The summed E-state index contributed by atoms with van der Waals surface area (Å²) in [6, 6.07) is 0.337. The van der Waals surface area contributed by atoms with E-state index in [4.69, 9.17) is 10.1 Å². The zero-order chi connectivity index (χ0) is 11.4. The number of ether oxygens (including phenoxy) is 1. The minimum absolute atomic E-state index is 0.243. The van der Waals surface area contributed by atoms with Crippen LogP contribution >= 0.6 is 11.8 Å². The molecule has 0 aromatic rings. The molecule has 2 atom stereocenters. The number of fused-ring (bicyclic) bond motifs is 1. The molecule has 2 rings (SSSR count). The van der Waals surface area contributed by atoms with E-state index in [9.17, 15) is 4.79 Å². The first kappa shape index (κ1) is 11.9. The Bertz CT molecular complexity index is 273. The second-order valence-electron chi connectivity index (χ2n) is 4.25. The first-order valence-electron chi connectivity index (χ1n) is 5.85. The van der Waals surface area contributed by atoms with Crippen molar-refractivity contribution in [2.75, 3.05) is 24.7 Å². The highest BCUT2D eigenvalue weighted by atomic mass is 32.2. The molecule has 5 heteroatoms. The third kappa shape index (κ3) is 2.58. The Morgan fingerprint density at radius 2 is 2.44 bits per heavy atom. The van der Waals surface area contributed by atoms with Crippen LogP contribution in [0.4, 0.5) is 0 Å². The second-order valence-corrected chi connectivity index (χ2v) is 5.28. The Morgan fingerprint density at radius 1 is 1.56 bits per heavy atom. The van der Waals surface area contributed by atoms with Gasteiger partial charge in [0.05, 0.1) is 30.3 Å². The third-order valence-electron chi connectivity index (χ3n) is 3.24. The van der Waals surface area contributed by atoms with Gasteiger partial charge in [0.2, 0.25) is 5.91 Å². The summed E-state index contributed by atoms with van der Waals surface area (Å²) in [6.07, 6.45) is 5.28. The number of carbonyl (C=O) groups excluding carboxylic acids is 1. The number of hydrogen-bond acceptors (Lipinski definition) is 3. The van der Waals surface area contributed by atoms with Gasteiger partial charge in [0, 0.05) is 6.54 Å². The molecule has 1 heterocycles. The maximum Gasteiger partial charge on any atom is 0.232 e. The lowest BCUT2D eigenvalue weighted by Gasteiger charge is -2.37. The number of amides is 1. The third-order valence-corrected chi connectivity index (χ3v) is 4.12. The van der Waals surface area contributed by atoms with E-state index < -0.39 is 0 Å². The van der Waals surface area contributed by atoms with Crippen LogP contribution in [0.5, 0.6) is 0 Å². The maximum absolute atomic E-state index is 12.0. The topological polar surface area (TPSA) is 55.1 Å². The normalized spacial score (nSPS) is 28.9. The van der Waals surface area contributed by atoms with Crippen LogP contribution < -0.4 is 5.41 Å². The van der Waals surface area contributed by atoms with Gasteiger partial charge in [-0.25, -0.2) is 0 Å². The Labute approximate surface area is 100 Å². The summed E-state index contributed by atoms with van der Waals surface area (Å²) in [7, 11) is 0. The van der Waals surface area contributed by atoms with Crippen LogP contribution in [0.3, 0.4) is 0 Å². The Kier molecular flexibility index (Phi) is 4.23. The molecule has 0 aromatic carbocycles. The number of morpholine rings is 1. The lowest BCUT2D eigenvalue weighted by atomic mass is 10.1. The van der Waals surface area contributed by atoms with Crippen LogP contribution in [0.25, 0.3) is 0 Å². The molecule has 0 spiro atoms. The maximum atomic E-state index is 12.0. The highest BCUT2D eigenvalue weighted by Crippen LogP contribution is 2.29. The van der Waals surface area contributed by atoms with Gasteiger partial charge >= 0.3 is 0 Å². The minimum atomic E-state index is 0.243. The highest BCUT2D eigenvalue weighted by molar-refractivity contribution is 8.00. The fourth-order valence-corrected chi connectivity index (χ4v) is 3.13. The van der Waals surface area contributed by atoms with Crippen LogP contribution in [0.2, 0.25) is 0 Å². The molecule has 0 bridgehead atoms. The molecule has 4 nitrogen and oxygen atoms in total. The molecule has 1 aliphatic heterocycles. The van der Waals surface area contributed by atoms with Gasteiger partial charge in [0.15, 0.2) is 0 Å². The molecule has 2 N–H and O–H groups in total. The van der Waals surface area contributed by atoms with Crippen LogP contribution in [0.15, 0.2) is 0 Å². The largest absolute Gasteiger partial charge is 0.374 e. The van der Waals surface area contributed by atoms with Crippen LogP contribution in [0.1, 0.15) is 19.3 Å². The van der Waals surface area contributed by atoms with Crippen molar-refractivity contribution in [2.24, 2.45) is 0 Å². The Morgan fingerprint density at radius 3 is 3.25 bits per heavy atom. The van der Waals surface area contributed by atoms with Gasteiger partial charge < -0.3 is 9.64 Å². The fourth-order valence-electron chi connectivity index (χ4n) is 2.53. The number of carbonyl (C=O) groups is 1. The molecule has 0 aromatic heterocycles. The number of nitrogens with zero attached hydrogens (tertiary/aromatic N) is 1. The van der Waals surface area contributed by atoms with Crippen molar-refractivity contribution in [2.45, 2.75) is 31.4 Å². The monoisotopic (exact) mass is 243 g/mol. The van der Waals surface area contributed by atoms with Gasteiger partial charge in [-0.1, -0.05) is 0 Å². The molecule has 1 aliphatic carbocycles. The summed E-state index contributed by atoms with van der Waals surface area (Å²) in [4.78, 5) is 14.0. The summed E-state index contributed by atoms with van der Waals surface area (Å²) in [5.41, 5.74) is 0. The summed E-state index contributed by atoms with van der Waals surface area (Å²) in [5.74, 6) is 1.52. The fraction of sp³-hybridized carbons (Fsp3) is 0.818. The predicted octanol–water partition coefficient (Wildman–Crippen LogP) is -0.671. The Hall–Kier alpha value is -0.550. The first-order chi connectivity index (χ1) is 7.83. The van der Waals surface area contributed by atoms with Crippen LogP contribution in [-0.2, 0) is 9.53 Å². The minimum Gasteiger partial charge on any atom is -0.374 e. The lowest BCUT2D eigenvalue weighted by Crippen LogP contribution is -2.51. The zero-order valence-corrected chi connectivity index (χ0v) is 10.2. The summed E-state index contributed by atoms with van der Waals surface area (Å²) in [5, 5.41) is 5.29. The molecular formula is C11H19N2O2S+. The van der Waals surface area contributed by atoms with Crippen molar-refractivity contribution in [3.05, 3.63) is 0 Å². The predicted molar refractivity (Wildman–Crippen MR) is 64.4 cm³/mol. The average Bonchev–Trinajstić information content (AvgIpc) is 2.76. The van der Waals surface area contributed by atoms with Gasteiger partial charge in [-0.2, -0.15) is 0 Å². The van der Waals surface area contributed by atoms with Crippen molar-refractivity contribution in [3.63, 3.8) is 0 Å². The summed E-state index contributed by atoms with van der Waals surface area (Å²) >= 11 is 1.58. The van der Waals surface area contributed by atoms with E-state index in [1.165, 1.54) is 6.42 Å². The van der Waals surface area contributed by atoms with E-state index in [1.54, 1.807) is 18.0 Å². The van der Waals surface area contributed by atoms with Crippen LogP contribution in [-0.4, -0.2) is 53.8 Å². The highest BCUT2D eigenvalue weighted by Gasteiger charge is 2.37. The summed E-state index contributed by atoms with van der Waals surface area (Å²) < 4.78 is 5.68. The van der Waals surface area contributed by atoms with Gasteiger partial charge in [0.1, 0.15) is 6.21 Å². The van der Waals surface area contributed by atoms with E-state index >= 15 is 0 Å². The van der Waals surface area contributed by atoms with Crippen molar-refractivity contribution in [1.82, 2.24) is 4.90 Å². The van der Waals surface area contributed by atoms with Crippen LogP contribution in [0, 0.1) is 0 Å². The molecule has 1 saturated carbocycles. The number of rotatable bonds is 4. The summed E-state index contributed by atoms with van der Waals surface area (Å²) in [6.45, 7) is 1.45. The zero-order valence-electron chi connectivity index (χ0n) is 9.43. The number of hydrogen-bond donors (Lipinski definition) is 1. The van der Waals surface area contributed by atoms with E-state index in [2.05, 4.69) is 0 Å². The lowest BCUT2D eigenvalue weighted by molar-refractivity contribution is -0.141. The quantitative estimate of drug-likeness (QED) is 0.526. The van der Waals surface area contributed by atoms with E-state index in [0.717, 1.165) is 25.1 Å². The second kappa shape index (κ2) is 5.68. The smallest absolute Gasteiger partial charge is 0.232 e. The van der Waals surface area contributed by atoms with E-state index in [-0.39, 0.29) is 5.91 Å². The van der Waals surface area contributed by atoms with E-state index in [1.807, 2.05) is 4.90 Å². The SMILES string of the molecule is [NH2+]=CCSCC(=O)N1CCOC2CCCC21. The molecule has 2 unspecified atom stereocenters. The molecule has 1 amide bonds. The molecule has 0 radical (unpaired) electrons. The average molecular weight is 243 g/mol. The van der Waals surface area contributed by atoms with Crippen molar-refractivity contribution >= 4 is 23.9 Å². The van der Waals surface area contributed by atoms with E-state index in [0.29, 0.717) is 24.5 Å². The van der Waals surface area contributed by atoms with Crippen molar-refractivity contribution in [1.29, 1.82) is 0 Å². The van der Waals surface area contributed by atoms with Gasteiger partial charge in [-0.05, 0) is 19.3 Å². The molecule has 1 saturated heterocycles. The molecule has 16 heavy (non-hydrogen) atoms. The number of nitrogens with two attached hydrogens (primary N) is 1. The molecular weight excluding hydrogens is 224 g/mol. The molecule has 2 aliphatic rings. The van der Waals surface area contributed by atoms with Gasteiger partial charge in [-0.15, -0.1) is 11.8 Å². The standard InChI is InChI=1S/C11H18N2O2S/c12-4-7-16-8-11(14)13-5-6-15-10-3-1-2-9(10)13/h4,9-10,12H,1-3,5-8H2/p+1. The molecule has 90 valence electrons. The first-order valence-corrected chi connectivity index (χ1v) is 7.00. The Balaban J connectivity index is 1.86. The molecule has 2 fully saturated rings.